The first-order chi connectivity index (χ1) is 14.7. The average molecular weight is 405 g/mol. The van der Waals surface area contributed by atoms with Crippen LogP contribution in [0.5, 0.6) is 5.75 Å². The highest BCUT2D eigenvalue weighted by Gasteiger charge is 2.27. The number of fused-ring (bicyclic) bond motifs is 1. The number of benzene rings is 2. The number of rotatable bonds is 6. The fraction of sp³-hybridized carbons (Fsp3) is 0.250. The molecule has 0 radical (unpaired) electrons. The summed E-state index contributed by atoms with van der Waals surface area (Å²) in [6.45, 7) is 1.72. The molecule has 4 rings (SSSR count). The number of hydrogen-bond acceptors (Lipinski definition) is 4. The van der Waals surface area contributed by atoms with Crippen molar-refractivity contribution < 1.29 is 13.9 Å². The van der Waals surface area contributed by atoms with E-state index in [9.17, 15) is 9.18 Å². The van der Waals surface area contributed by atoms with Crippen LogP contribution in [0.4, 0.5) is 4.39 Å². The normalized spacial score (nSPS) is 16.2. The zero-order valence-corrected chi connectivity index (χ0v) is 16.6. The molecule has 0 aliphatic carbocycles. The topological polar surface area (TPSA) is 54.5 Å². The van der Waals surface area contributed by atoms with E-state index in [4.69, 9.17) is 4.74 Å². The van der Waals surface area contributed by atoms with E-state index in [0.717, 1.165) is 17.0 Å². The van der Waals surface area contributed by atoms with E-state index in [1.165, 1.54) is 6.07 Å². The molecule has 3 aromatic rings. The van der Waals surface area contributed by atoms with Gasteiger partial charge < -0.3 is 10.1 Å². The predicted octanol–water partition coefficient (Wildman–Crippen LogP) is 3.52. The minimum atomic E-state index is -0.490. The number of ether oxygens (including phenoxy) is 1. The Morgan fingerprint density at radius 1 is 1.10 bits per heavy atom. The first-order valence-electron chi connectivity index (χ1n) is 10.1. The van der Waals surface area contributed by atoms with Crippen molar-refractivity contribution in [1.82, 2.24) is 15.2 Å². The van der Waals surface area contributed by atoms with Crippen LogP contribution in [0.15, 0.2) is 72.9 Å². The SMILES string of the molecule is O=C(CN1Cc2ccccc2OC(c2ccccc2F)C1)NCCc1ccccn1. The van der Waals surface area contributed by atoms with Crippen molar-refractivity contribution in [2.24, 2.45) is 0 Å². The third-order valence-corrected chi connectivity index (χ3v) is 5.11. The Labute approximate surface area is 175 Å². The highest BCUT2D eigenvalue weighted by atomic mass is 19.1. The molecule has 1 unspecified atom stereocenters. The zero-order valence-electron chi connectivity index (χ0n) is 16.6. The Bertz CT molecular complexity index is 997. The van der Waals surface area contributed by atoms with Crippen LogP contribution in [0.25, 0.3) is 0 Å². The van der Waals surface area contributed by atoms with E-state index < -0.39 is 6.10 Å². The molecule has 6 heteroatoms. The standard InChI is InChI=1S/C24H24FN3O2/c25-21-10-3-2-9-20(21)23-16-28(15-18-7-1-4-11-22(18)30-23)17-24(29)27-14-12-19-8-5-6-13-26-19/h1-11,13,23H,12,14-17H2,(H,27,29). The number of halogens is 1. The number of carbonyl (C=O) groups is 1. The molecule has 154 valence electrons. The van der Waals surface area contributed by atoms with Gasteiger partial charge in [0.2, 0.25) is 5.91 Å². The molecule has 1 aliphatic heterocycles. The molecule has 1 amide bonds. The number of hydrogen-bond donors (Lipinski definition) is 1. The predicted molar refractivity (Wildman–Crippen MR) is 112 cm³/mol. The van der Waals surface area contributed by atoms with Crippen LogP contribution < -0.4 is 10.1 Å². The molecule has 1 atom stereocenters. The maximum atomic E-state index is 14.4. The summed E-state index contributed by atoms with van der Waals surface area (Å²) in [5.41, 5.74) is 2.42. The lowest BCUT2D eigenvalue weighted by Crippen LogP contribution is -2.39. The molecule has 1 aliphatic rings. The van der Waals surface area contributed by atoms with Crippen molar-refractivity contribution in [3.8, 4) is 5.75 Å². The van der Waals surface area contributed by atoms with Crippen LogP contribution in [0.3, 0.4) is 0 Å². The summed E-state index contributed by atoms with van der Waals surface area (Å²) in [7, 11) is 0. The van der Waals surface area contributed by atoms with Gasteiger partial charge in [-0.3, -0.25) is 14.7 Å². The number of pyridine rings is 1. The number of amides is 1. The molecular weight excluding hydrogens is 381 g/mol. The summed E-state index contributed by atoms with van der Waals surface area (Å²) in [5, 5.41) is 2.95. The van der Waals surface area contributed by atoms with Gasteiger partial charge >= 0.3 is 0 Å². The van der Waals surface area contributed by atoms with Gasteiger partial charge in [-0.25, -0.2) is 4.39 Å². The molecule has 2 aromatic carbocycles. The first-order valence-corrected chi connectivity index (χ1v) is 10.1. The molecule has 0 spiro atoms. The monoisotopic (exact) mass is 405 g/mol. The molecule has 0 saturated carbocycles. The van der Waals surface area contributed by atoms with Gasteiger partial charge in [0.25, 0.3) is 0 Å². The summed E-state index contributed by atoms with van der Waals surface area (Å²) in [5.74, 6) is 0.350. The van der Waals surface area contributed by atoms with E-state index in [-0.39, 0.29) is 18.3 Å². The van der Waals surface area contributed by atoms with Gasteiger partial charge in [-0.05, 0) is 24.3 Å². The van der Waals surface area contributed by atoms with Crippen molar-refractivity contribution in [2.75, 3.05) is 19.6 Å². The molecule has 30 heavy (non-hydrogen) atoms. The number of nitrogens with one attached hydrogen (secondary N) is 1. The van der Waals surface area contributed by atoms with E-state index in [1.54, 1.807) is 24.4 Å². The van der Waals surface area contributed by atoms with Crippen molar-refractivity contribution in [1.29, 1.82) is 0 Å². The lowest BCUT2D eigenvalue weighted by atomic mass is 10.1. The highest BCUT2D eigenvalue weighted by molar-refractivity contribution is 5.78. The van der Waals surface area contributed by atoms with E-state index in [0.29, 0.717) is 31.6 Å². The number of nitrogens with zero attached hydrogens (tertiary/aromatic N) is 2. The lowest BCUT2D eigenvalue weighted by Gasteiger charge is -2.24. The van der Waals surface area contributed by atoms with Gasteiger partial charge in [0.05, 0.1) is 6.54 Å². The average Bonchev–Trinajstić information content (AvgIpc) is 2.93. The Balaban J connectivity index is 1.44. The molecule has 5 nitrogen and oxygen atoms in total. The van der Waals surface area contributed by atoms with Gasteiger partial charge in [0.1, 0.15) is 17.7 Å². The Hall–Kier alpha value is -3.25. The van der Waals surface area contributed by atoms with Gasteiger partial charge in [-0.15, -0.1) is 0 Å². The molecule has 0 fully saturated rings. The number of carbonyl (C=O) groups excluding carboxylic acids is 1. The summed E-state index contributed by atoms with van der Waals surface area (Å²) in [6.07, 6.45) is 1.93. The van der Waals surface area contributed by atoms with Gasteiger partial charge in [0, 0.05) is 49.1 Å². The van der Waals surface area contributed by atoms with Crippen molar-refractivity contribution in [2.45, 2.75) is 19.1 Å². The second kappa shape index (κ2) is 9.50. The largest absolute Gasteiger partial charge is 0.484 e. The number of para-hydroxylation sites is 1. The smallest absolute Gasteiger partial charge is 0.234 e. The first kappa shape index (κ1) is 20.0. The van der Waals surface area contributed by atoms with Crippen LogP contribution in [0.1, 0.15) is 22.9 Å². The van der Waals surface area contributed by atoms with E-state index >= 15 is 0 Å². The quantitative estimate of drug-likeness (QED) is 0.682. The Morgan fingerprint density at radius 3 is 2.73 bits per heavy atom. The Morgan fingerprint density at radius 2 is 1.90 bits per heavy atom. The van der Waals surface area contributed by atoms with Gasteiger partial charge in [-0.1, -0.05) is 42.5 Å². The molecular formula is C24H24FN3O2. The second-order valence-corrected chi connectivity index (χ2v) is 7.33. The molecule has 2 heterocycles. The zero-order chi connectivity index (χ0) is 20.8. The molecule has 1 N–H and O–H groups in total. The van der Waals surface area contributed by atoms with Crippen molar-refractivity contribution in [3.05, 3.63) is 95.6 Å². The fourth-order valence-electron chi connectivity index (χ4n) is 3.63. The maximum Gasteiger partial charge on any atom is 0.234 e. The van der Waals surface area contributed by atoms with Crippen LogP contribution in [0, 0.1) is 5.82 Å². The van der Waals surface area contributed by atoms with Crippen molar-refractivity contribution in [3.63, 3.8) is 0 Å². The highest BCUT2D eigenvalue weighted by Crippen LogP contribution is 2.31. The van der Waals surface area contributed by atoms with Crippen molar-refractivity contribution >= 4 is 5.91 Å². The lowest BCUT2D eigenvalue weighted by molar-refractivity contribution is -0.122. The van der Waals surface area contributed by atoms with E-state index in [1.807, 2.05) is 47.4 Å². The van der Waals surface area contributed by atoms with Crippen LogP contribution in [-0.4, -0.2) is 35.4 Å². The van der Waals surface area contributed by atoms with Crippen LogP contribution in [0.2, 0.25) is 0 Å². The molecule has 0 bridgehead atoms. The third kappa shape index (κ3) is 5.02. The third-order valence-electron chi connectivity index (χ3n) is 5.11. The van der Waals surface area contributed by atoms with Crippen LogP contribution >= 0.6 is 0 Å². The summed E-state index contributed by atoms with van der Waals surface area (Å²) < 4.78 is 20.6. The van der Waals surface area contributed by atoms with Gasteiger partial charge in [0.15, 0.2) is 0 Å². The summed E-state index contributed by atoms with van der Waals surface area (Å²) >= 11 is 0. The maximum absolute atomic E-state index is 14.4. The Kier molecular flexibility index (Phi) is 6.35. The minimum Gasteiger partial charge on any atom is -0.484 e. The minimum absolute atomic E-state index is 0.0717. The summed E-state index contributed by atoms with van der Waals surface area (Å²) in [4.78, 5) is 18.8. The second-order valence-electron chi connectivity index (χ2n) is 7.33. The molecule has 0 saturated heterocycles. The van der Waals surface area contributed by atoms with E-state index in [2.05, 4.69) is 10.3 Å². The fourth-order valence-corrected chi connectivity index (χ4v) is 3.63. The van der Waals surface area contributed by atoms with Gasteiger partial charge in [-0.2, -0.15) is 0 Å². The molecule has 1 aromatic heterocycles. The number of aromatic nitrogens is 1. The summed E-state index contributed by atoms with van der Waals surface area (Å²) in [6, 6.07) is 20.1. The van der Waals surface area contributed by atoms with Crippen LogP contribution in [-0.2, 0) is 17.8 Å².